The quantitative estimate of drug-likeness (QED) is 0.844. The fraction of sp³-hybridized carbons (Fsp3) is 0.643. The van der Waals surface area contributed by atoms with Crippen molar-refractivity contribution in [1.29, 1.82) is 0 Å². The molecule has 1 aliphatic heterocycles. The van der Waals surface area contributed by atoms with Crippen molar-refractivity contribution in [2.24, 2.45) is 24.8 Å². The zero-order valence-electron chi connectivity index (χ0n) is 11.4. The highest BCUT2D eigenvalue weighted by Gasteiger charge is 2.44. The van der Waals surface area contributed by atoms with Crippen molar-refractivity contribution in [2.75, 3.05) is 19.7 Å². The van der Waals surface area contributed by atoms with Crippen LogP contribution in [0.3, 0.4) is 0 Å². The van der Waals surface area contributed by atoms with Gasteiger partial charge in [-0.1, -0.05) is 0 Å². The van der Waals surface area contributed by atoms with E-state index in [1.54, 1.807) is 7.05 Å². The summed E-state index contributed by atoms with van der Waals surface area (Å²) in [5, 5.41) is 7.33. The average Bonchev–Trinajstić information content (AvgIpc) is 2.75. The Labute approximate surface area is 112 Å². The van der Waals surface area contributed by atoms with Crippen molar-refractivity contribution in [1.82, 2.24) is 15.1 Å². The zero-order chi connectivity index (χ0) is 13.4. The number of hydrogen-bond donors (Lipinski definition) is 1. The summed E-state index contributed by atoms with van der Waals surface area (Å²) in [4.78, 5) is 0. The van der Waals surface area contributed by atoms with Gasteiger partial charge < -0.3 is 10.1 Å². The highest BCUT2D eigenvalue weighted by atomic mass is 19.1. The van der Waals surface area contributed by atoms with E-state index in [-0.39, 0.29) is 5.82 Å². The first kappa shape index (κ1) is 12.7. The SMILES string of the molecule is C/C=C(/OC[C@H]1[C@@H]2CNC[C@H]1C2)c1c(F)cnn1C. The van der Waals surface area contributed by atoms with Gasteiger partial charge in [0.25, 0.3) is 0 Å². The van der Waals surface area contributed by atoms with Crippen LogP contribution in [0.25, 0.3) is 5.76 Å². The van der Waals surface area contributed by atoms with Crippen molar-refractivity contribution >= 4 is 5.76 Å². The number of allylic oxidation sites excluding steroid dienone is 1. The van der Waals surface area contributed by atoms with Gasteiger partial charge in [0.2, 0.25) is 0 Å². The van der Waals surface area contributed by atoms with Crippen LogP contribution in [0.5, 0.6) is 0 Å². The highest BCUT2D eigenvalue weighted by molar-refractivity contribution is 5.56. The number of halogens is 1. The summed E-state index contributed by atoms with van der Waals surface area (Å²) in [6.45, 7) is 4.73. The number of fused-ring (bicyclic) bond motifs is 2. The number of hydrogen-bond acceptors (Lipinski definition) is 3. The van der Waals surface area contributed by atoms with E-state index < -0.39 is 0 Å². The summed E-state index contributed by atoms with van der Waals surface area (Å²) >= 11 is 0. The predicted octanol–water partition coefficient (Wildman–Crippen LogP) is 1.79. The standard InChI is InChI=1S/C14H20FN3O/c1-3-13(14-12(15)7-17-18(14)2)19-8-11-9-4-10(11)6-16-5-9/h3,7,9-11,16H,4-6,8H2,1-2H3/b13-3+/t9-,10+,11-. The van der Waals surface area contributed by atoms with Gasteiger partial charge in [-0.3, -0.25) is 4.68 Å². The minimum atomic E-state index is -0.328. The van der Waals surface area contributed by atoms with Crippen LogP contribution in [-0.2, 0) is 11.8 Å². The van der Waals surface area contributed by atoms with E-state index in [2.05, 4.69) is 10.4 Å². The number of ether oxygens (including phenoxy) is 1. The molecule has 104 valence electrons. The van der Waals surface area contributed by atoms with Gasteiger partial charge in [0.05, 0.1) is 12.8 Å². The molecule has 2 aliphatic rings. The lowest BCUT2D eigenvalue weighted by atomic mass is 9.62. The van der Waals surface area contributed by atoms with Crippen molar-refractivity contribution in [3.05, 3.63) is 23.8 Å². The Kier molecular flexibility index (Phi) is 3.31. The molecular weight excluding hydrogens is 245 g/mol. The molecule has 2 heterocycles. The Morgan fingerprint density at radius 2 is 2.32 bits per heavy atom. The van der Waals surface area contributed by atoms with Crippen LogP contribution in [0.4, 0.5) is 4.39 Å². The molecule has 2 fully saturated rings. The van der Waals surface area contributed by atoms with Gasteiger partial charge in [0.1, 0.15) is 11.5 Å². The van der Waals surface area contributed by atoms with E-state index in [1.165, 1.54) is 17.3 Å². The minimum absolute atomic E-state index is 0.328. The zero-order valence-corrected chi connectivity index (χ0v) is 11.4. The van der Waals surface area contributed by atoms with Gasteiger partial charge in [-0.25, -0.2) is 4.39 Å². The number of aromatic nitrogens is 2. The third-order valence-corrected chi connectivity index (χ3v) is 4.45. The van der Waals surface area contributed by atoms with E-state index >= 15 is 0 Å². The van der Waals surface area contributed by atoms with Crippen LogP contribution in [0.1, 0.15) is 19.0 Å². The monoisotopic (exact) mass is 265 g/mol. The first-order valence-electron chi connectivity index (χ1n) is 6.88. The van der Waals surface area contributed by atoms with E-state index in [1.807, 2.05) is 13.0 Å². The number of rotatable bonds is 4. The first-order chi connectivity index (χ1) is 9.20. The number of nitrogens with one attached hydrogen (secondary N) is 1. The second kappa shape index (κ2) is 4.96. The molecule has 0 unspecified atom stereocenters. The Morgan fingerprint density at radius 3 is 2.84 bits per heavy atom. The lowest BCUT2D eigenvalue weighted by Crippen LogP contribution is -2.54. The molecule has 1 aliphatic carbocycles. The fourth-order valence-electron chi connectivity index (χ4n) is 3.29. The van der Waals surface area contributed by atoms with Crippen molar-refractivity contribution < 1.29 is 9.13 Å². The van der Waals surface area contributed by atoms with Crippen LogP contribution in [0, 0.1) is 23.6 Å². The lowest BCUT2D eigenvalue weighted by molar-refractivity contribution is -0.00997. The predicted molar refractivity (Wildman–Crippen MR) is 70.7 cm³/mol. The van der Waals surface area contributed by atoms with Gasteiger partial charge in [-0.2, -0.15) is 5.10 Å². The van der Waals surface area contributed by atoms with Gasteiger partial charge in [-0.15, -0.1) is 0 Å². The maximum absolute atomic E-state index is 13.7. The molecule has 2 bridgehead atoms. The smallest absolute Gasteiger partial charge is 0.172 e. The molecule has 0 amide bonds. The van der Waals surface area contributed by atoms with Gasteiger partial charge in [0.15, 0.2) is 5.82 Å². The average molecular weight is 265 g/mol. The van der Waals surface area contributed by atoms with Crippen LogP contribution < -0.4 is 5.32 Å². The number of nitrogens with zero attached hydrogens (tertiary/aromatic N) is 2. The van der Waals surface area contributed by atoms with Gasteiger partial charge >= 0.3 is 0 Å². The molecule has 1 aromatic rings. The molecule has 3 atom stereocenters. The third kappa shape index (κ3) is 2.16. The molecule has 0 spiro atoms. The van der Waals surface area contributed by atoms with Crippen LogP contribution in [0.2, 0.25) is 0 Å². The van der Waals surface area contributed by atoms with Crippen LogP contribution in [-0.4, -0.2) is 29.5 Å². The fourth-order valence-corrected chi connectivity index (χ4v) is 3.29. The molecule has 19 heavy (non-hydrogen) atoms. The van der Waals surface area contributed by atoms with Gasteiger partial charge in [0, 0.05) is 13.0 Å². The number of piperidine rings is 2. The highest BCUT2D eigenvalue weighted by Crippen LogP contribution is 2.43. The number of aryl methyl sites for hydroxylation is 1. The summed E-state index contributed by atoms with van der Waals surface area (Å²) in [5.41, 5.74) is 0.435. The molecule has 1 aromatic heterocycles. The normalized spacial score (nSPS) is 30.1. The molecule has 0 radical (unpaired) electrons. The summed E-state index contributed by atoms with van der Waals surface area (Å²) < 4.78 is 21.1. The second-order valence-electron chi connectivity index (χ2n) is 5.51. The van der Waals surface area contributed by atoms with E-state index in [0.29, 0.717) is 24.0 Å². The van der Waals surface area contributed by atoms with Crippen molar-refractivity contribution in [2.45, 2.75) is 13.3 Å². The van der Waals surface area contributed by atoms with E-state index in [4.69, 9.17) is 4.74 Å². The molecule has 1 saturated carbocycles. The maximum atomic E-state index is 13.7. The molecule has 3 rings (SSSR count). The minimum Gasteiger partial charge on any atom is -0.491 e. The largest absolute Gasteiger partial charge is 0.491 e. The molecule has 5 heteroatoms. The molecule has 0 aromatic carbocycles. The van der Waals surface area contributed by atoms with Crippen LogP contribution in [0.15, 0.2) is 12.3 Å². The summed E-state index contributed by atoms with van der Waals surface area (Å²) in [6, 6.07) is 0. The summed E-state index contributed by atoms with van der Waals surface area (Å²) in [5.74, 6) is 2.34. The Balaban J connectivity index is 1.65. The van der Waals surface area contributed by atoms with Crippen molar-refractivity contribution in [3.63, 3.8) is 0 Å². The topological polar surface area (TPSA) is 39.1 Å². The first-order valence-corrected chi connectivity index (χ1v) is 6.88. The summed E-state index contributed by atoms with van der Waals surface area (Å²) in [7, 11) is 1.73. The maximum Gasteiger partial charge on any atom is 0.172 e. The van der Waals surface area contributed by atoms with Crippen LogP contribution >= 0.6 is 0 Å². The van der Waals surface area contributed by atoms with E-state index in [0.717, 1.165) is 24.9 Å². The molecular formula is C14H20FN3O. The molecule has 4 nitrogen and oxygen atoms in total. The lowest BCUT2D eigenvalue weighted by Gasteiger charge is -2.49. The Hall–Kier alpha value is -1.36. The molecule has 1 saturated heterocycles. The Morgan fingerprint density at radius 1 is 1.58 bits per heavy atom. The Bertz CT molecular complexity index is 463. The molecule has 1 N–H and O–H groups in total. The third-order valence-electron chi connectivity index (χ3n) is 4.45. The summed E-state index contributed by atoms with van der Waals surface area (Å²) in [6.07, 6.45) is 4.35. The second-order valence-corrected chi connectivity index (χ2v) is 5.51. The van der Waals surface area contributed by atoms with Crippen molar-refractivity contribution in [3.8, 4) is 0 Å². The van der Waals surface area contributed by atoms with Gasteiger partial charge in [-0.05, 0) is 44.3 Å². The van der Waals surface area contributed by atoms with E-state index in [9.17, 15) is 4.39 Å².